The number of nitrogens with zero attached hydrogens (tertiary/aromatic N) is 1. The van der Waals surface area contributed by atoms with Crippen LogP contribution >= 0.6 is 0 Å². The second-order valence-corrected chi connectivity index (χ2v) is 6.52. The quantitative estimate of drug-likeness (QED) is 0.649. The van der Waals surface area contributed by atoms with Gasteiger partial charge < -0.3 is 14.8 Å². The van der Waals surface area contributed by atoms with E-state index in [1.165, 1.54) is 4.90 Å². The van der Waals surface area contributed by atoms with E-state index >= 15 is 0 Å². The molecule has 0 saturated carbocycles. The second-order valence-electron chi connectivity index (χ2n) is 6.52. The molecule has 0 bridgehead atoms. The zero-order chi connectivity index (χ0) is 20.8. The van der Waals surface area contributed by atoms with Gasteiger partial charge in [0.1, 0.15) is 17.2 Å². The number of hydrogen-bond acceptors (Lipinski definition) is 5. The smallest absolute Gasteiger partial charge is 0.278 e. The Bertz CT molecular complexity index is 919. The molecule has 0 fully saturated rings. The Kier molecular flexibility index (Phi) is 6.54. The summed E-state index contributed by atoms with van der Waals surface area (Å²) in [6, 6.07) is 14.6. The first-order chi connectivity index (χ1) is 14.1. The van der Waals surface area contributed by atoms with Crippen LogP contribution in [0.4, 0.5) is 5.69 Å². The molecule has 152 valence electrons. The fraction of sp³-hybridized carbons (Fsp3) is 0.304. The Labute approximate surface area is 171 Å². The van der Waals surface area contributed by atoms with Crippen molar-refractivity contribution in [1.82, 2.24) is 4.90 Å². The molecule has 3 rings (SSSR count). The highest BCUT2D eigenvalue weighted by Crippen LogP contribution is 2.34. The highest BCUT2D eigenvalue weighted by atomic mass is 16.5. The number of carbonyl (C=O) groups excluding carboxylic acids is 2. The summed E-state index contributed by atoms with van der Waals surface area (Å²) in [5.74, 6) is 0.724. The van der Waals surface area contributed by atoms with E-state index in [1.807, 2.05) is 45.0 Å². The van der Waals surface area contributed by atoms with Crippen molar-refractivity contribution in [2.24, 2.45) is 0 Å². The first-order valence-corrected chi connectivity index (χ1v) is 9.93. The maximum Gasteiger partial charge on any atom is 0.278 e. The van der Waals surface area contributed by atoms with Crippen LogP contribution in [0.15, 0.2) is 54.2 Å². The third-order valence-electron chi connectivity index (χ3n) is 4.52. The summed E-state index contributed by atoms with van der Waals surface area (Å²) >= 11 is 0. The molecule has 0 radical (unpaired) electrons. The van der Waals surface area contributed by atoms with E-state index in [0.717, 1.165) is 5.75 Å². The van der Waals surface area contributed by atoms with Gasteiger partial charge in [-0.3, -0.25) is 14.5 Å². The highest BCUT2D eigenvalue weighted by Gasteiger charge is 2.38. The molecule has 29 heavy (non-hydrogen) atoms. The van der Waals surface area contributed by atoms with Crippen molar-refractivity contribution in [3.8, 4) is 11.5 Å². The maximum atomic E-state index is 13.1. The Morgan fingerprint density at radius 1 is 0.862 bits per heavy atom. The van der Waals surface area contributed by atoms with Gasteiger partial charge in [0.15, 0.2) is 0 Å². The summed E-state index contributed by atoms with van der Waals surface area (Å²) in [6.07, 6.45) is 0.691. The Hall–Kier alpha value is -3.28. The minimum absolute atomic E-state index is 0.264. The van der Waals surface area contributed by atoms with Crippen molar-refractivity contribution in [3.63, 3.8) is 0 Å². The molecule has 0 spiro atoms. The van der Waals surface area contributed by atoms with Crippen LogP contribution in [-0.2, 0) is 9.59 Å². The van der Waals surface area contributed by atoms with Gasteiger partial charge in [-0.2, -0.15) is 0 Å². The SMILES string of the molecule is CCCN1C(=O)C(Nc2ccccc2OCC)=C(c2ccc(OCC)cc2)C1=O. The summed E-state index contributed by atoms with van der Waals surface area (Å²) in [4.78, 5) is 27.4. The number of rotatable bonds is 9. The number of ether oxygens (including phenoxy) is 2. The van der Waals surface area contributed by atoms with Gasteiger partial charge in [-0.15, -0.1) is 0 Å². The fourth-order valence-corrected chi connectivity index (χ4v) is 3.26. The van der Waals surface area contributed by atoms with Crippen molar-refractivity contribution < 1.29 is 19.1 Å². The lowest BCUT2D eigenvalue weighted by Crippen LogP contribution is -2.33. The number of para-hydroxylation sites is 2. The lowest BCUT2D eigenvalue weighted by atomic mass is 10.0. The third-order valence-corrected chi connectivity index (χ3v) is 4.52. The van der Waals surface area contributed by atoms with Crippen LogP contribution in [0.1, 0.15) is 32.8 Å². The fourth-order valence-electron chi connectivity index (χ4n) is 3.26. The highest BCUT2D eigenvalue weighted by molar-refractivity contribution is 6.36. The normalized spacial score (nSPS) is 13.8. The van der Waals surface area contributed by atoms with Crippen molar-refractivity contribution in [3.05, 3.63) is 59.8 Å². The summed E-state index contributed by atoms with van der Waals surface area (Å²) in [5, 5.41) is 3.16. The largest absolute Gasteiger partial charge is 0.494 e. The van der Waals surface area contributed by atoms with Crippen LogP contribution in [0.3, 0.4) is 0 Å². The molecule has 0 aliphatic carbocycles. The molecule has 6 heteroatoms. The van der Waals surface area contributed by atoms with Gasteiger partial charge in [0.05, 0.1) is 24.5 Å². The zero-order valence-corrected chi connectivity index (χ0v) is 17.0. The van der Waals surface area contributed by atoms with E-state index in [4.69, 9.17) is 9.47 Å². The predicted molar refractivity (Wildman–Crippen MR) is 113 cm³/mol. The van der Waals surface area contributed by atoms with Crippen LogP contribution in [0.5, 0.6) is 11.5 Å². The Morgan fingerprint density at radius 3 is 2.21 bits per heavy atom. The van der Waals surface area contributed by atoms with E-state index in [1.54, 1.807) is 24.3 Å². The number of amides is 2. The van der Waals surface area contributed by atoms with Gasteiger partial charge in [0.25, 0.3) is 11.8 Å². The second kappa shape index (κ2) is 9.28. The Balaban J connectivity index is 2.04. The molecular weight excluding hydrogens is 368 g/mol. The number of anilines is 1. The molecule has 1 heterocycles. The lowest BCUT2D eigenvalue weighted by molar-refractivity contribution is -0.136. The predicted octanol–water partition coefficient (Wildman–Crippen LogP) is 4.09. The molecule has 6 nitrogen and oxygen atoms in total. The average molecular weight is 394 g/mol. The monoisotopic (exact) mass is 394 g/mol. The van der Waals surface area contributed by atoms with Gasteiger partial charge in [0.2, 0.25) is 0 Å². The first-order valence-electron chi connectivity index (χ1n) is 9.93. The molecule has 2 aromatic rings. The zero-order valence-electron chi connectivity index (χ0n) is 17.0. The van der Waals surface area contributed by atoms with Crippen molar-refractivity contribution in [2.45, 2.75) is 27.2 Å². The summed E-state index contributed by atoms with van der Waals surface area (Å²) < 4.78 is 11.1. The van der Waals surface area contributed by atoms with Crippen LogP contribution in [-0.4, -0.2) is 36.5 Å². The number of hydrogen-bond donors (Lipinski definition) is 1. The minimum atomic E-state index is -0.327. The van der Waals surface area contributed by atoms with E-state index < -0.39 is 0 Å². The van der Waals surface area contributed by atoms with E-state index in [0.29, 0.717) is 48.8 Å². The molecule has 1 N–H and O–H groups in total. The molecule has 2 aromatic carbocycles. The molecule has 1 aliphatic heterocycles. The molecule has 0 unspecified atom stereocenters. The standard InChI is InChI=1S/C23H26N2O4/c1-4-15-25-22(26)20(16-11-13-17(14-12-16)28-5-2)21(23(25)27)24-18-9-7-8-10-19(18)29-6-3/h7-14,24H,4-6,15H2,1-3H3. The van der Waals surface area contributed by atoms with E-state index in [-0.39, 0.29) is 17.5 Å². The Morgan fingerprint density at radius 2 is 1.55 bits per heavy atom. The van der Waals surface area contributed by atoms with Crippen LogP contribution in [0, 0.1) is 0 Å². The van der Waals surface area contributed by atoms with Crippen molar-refractivity contribution in [1.29, 1.82) is 0 Å². The summed E-state index contributed by atoms with van der Waals surface area (Å²) in [5.41, 5.74) is 1.94. The number of nitrogens with one attached hydrogen (secondary N) is 1. The lowest BCUT2D eigenvalue weighted by Gasteiger charge is -2.15. The summed E-state index contributed by atoms with van der Waals surface area (Å²) in [7, 11) is 0. The third kappa shape index (κ3) is 4.26. The minimum Gasteiger partial charge on any atom is -0.494 e. The van der Waals surface area contributed by atoms with Crippen molar-refractivity contribution >= 4 is 23.1 Å². The molecule has 0 atom stereocenters. The number of benzene rings is 2. The van der Waals surface area contributed by atoms with E-state index in [9.17, 15) is 9.59 Å². The van der Waals surface area contributed by atoms with Crippen LogP contribution in [0.2, 0.25) is 0 Å². The molecule has 2 amide bonds. The van der Waals surface area contributed by atoms with Crippen LogP contribution in [0.25, 0.3) is 5.57 Å². The van der Waals surface area contributed by atoms with E-state index in [2.05, 4.69) is 5.32 Å². The van der Waals surface area contributed by atoms with Gasteiger partial charge >= 0.3 is 0 Å². The van der Waals surface area contributed by atoms with Gasteiger partial charge in [-0.1, -0.05) is 31.2 Å². The topological polar surface area (TPSA) is 67.9 Å². The first kappa shape index (κ1) is 20.5. The number of carbonyl (C=O) groups is 2. The van der Waals surface area contributed by atoms with Gasteiger partial charge in [0, 0.05) is 6.54 Å². The molecule has 0 saturated heterocycles. The van der Waals surface area contributed by atoms with Gasteiger partial charge in [-0.25, -0.2) is 0 Å². The maximum absolute atomic E-state index is 13.1. The van der Waals surface area contributed by atoms with Crippen LogP contribution < -0.4 is 14.8 Å². The molecule has 0 aromatic heterocycles. The average Bonchev–Trinajstić information content (AvgIpc) is 2.95. The molecule has 1 aliphatic rings. The molecular formula is C23H26N2O4. The van der Waals surface area contributed by atoms with Crippen molar-refractivity contribution in [2.75, 3.05) is 25.1 Å². The number of imide groups is 1. The summed E-state index contributed by atoms with van der Waals surface area (Å²) in [6.45, 7) is 7.18. The van der Waals surface area contributed by atoms with Gasteiger partial charge in [-0.05, 0) is 50.1 Å².